The van der Waals surface area contributed by atoms with Crippen molar-refractivity contribution in [3.05, 3.63) is 26.8 Å². The molecule has 0 spiro atoms. The second-order valence-electron chi connectivity index (χ2n) is 4.36. The van der Waals surface area contributed by atoms with Crippen LogP contribution in [0.2, 0.25) is 5.02 Å². The van der Waals surface area contributed by atoms with E-state index in [-0.39, 0.29) is 11.8 Å². The van der Waals surface area contributed by atoms with Gasteiger partial charge in [0.05, 0.1) is 11.6 Å². The van der Waals surface area contributed by atoms with Gasteiger partial charge in [0.15, 0.2) is 0 Å². The first kappa shape index (κ1) is 13.1. The zero-order valence-corrected chi connectivity index (χ0v) is 12.4. The maximum Gasteiger partial charge on any atom is 0.229 e. The van der Waals surface area contributed by atoms with Gasteiger partial charge in [-0.1, -0.05) is 18.5 Å². The minimum Gasteiger partial charge on any atom is -0.325 e. The predicted molar refractivity (Wildman–Crippen MR) is 78.3 cm³/mol. The maximum absolute atomic E-state index is 12.1. The quantitative estimate of drug-likeness (QED) is 0.792. The SMILES string of the molecule is C[C@@H]1CNC[C@H]1C(=O)Nc1ccc(Cl)cc1I. The number of anilines is 1. The van der Waals surface area contributed by atoms with Gasteiger partial charge < -0.3 is 10.6 Å². The summed E-state index contributed by atoms with van der Waals surface area (Å²) in [5.74, 6) is 0.532. The van der Waals surface area contributed by atoms with Crippen molar-refractivity contribution in [1.82, 2.24) is 5.32 Å². The highest BCUT2D eigenvalue weighted by Gasteiger charge is 2.29. The van der Waals surface area contributed by atoms with E-state index in [9.17, 15) is 4.79 Å². The first-order valence-corrected chi connectivity index (χ1v) is 7.00. The average Bonchev–Trinajstić information content (AvgIpc) is 2.68. The van der Waals surface area contributed by atoms with Crippen molar-refractivity contribution >= 4 is 45.8 Å². The van der Waals surface area contributed by atoms with E-state index in [0.717, 1.165) is 22.3 Å². The monoisotopic (exact) mass is 364 g/mol. The zero-order chi connectivity index (χ0) is 12.4. The van der Waals surface area contributed by atoms with Gasteiger partial charge in [-0.25, -0.2) is 0 Å². The third-order valence-electron chi connectivity index (χ3n) is 3.04. The van der Waals surface area contributed by atoms with Crippen LogP contribution in [0.5, 0.6) is 0 Å². The lowest BCUT2D eigenvalue weighted by Crippen LogP contribution is -2.28. The van der Waals surface area contributed by atoms with Gasteiger partial charge in [-0.3, -0.25) is 4.79 Å². The van der Waals surface area contributed by atoms with E-state index in [0.29, 0.717) is 10.9 Å². The normalized spacial score (nSPS) is 23.7. The van der Waals surface area contributed by atoms with E-state index >= 15 is 0 Å². The lowest BCUT2D eigenvalue weighted by molar-refractivity contribution is -0.120. The molecule has 1 aromatic carbocycles. The van der Waals surface area contributed by atoms with Crippen molar-refractivity contribution in [3.8, 4) is 0 Å². The molecule has 92 valence electrons. The molecular weight excluding hydrogens is 351 g/mol. The summed E-state index contributed by atoms with van der Waals surface area (Å²) >= 11 is 8.05. The van der Waals surface area contributed by atoms with Gasteiger partial charge in [0.25, 0.3) is 0 Å². The van der Waals surface area contributed by atoms with E-state index in [1.807, 2.05) is 12.1 Å². The van der Waals surface area contributed by atoms with Crippen molar-refractivity contribution in [2.45, 2.75) is 6.92 Å². The van der Waals surface area contributed by atoms with Gasteiger partial charge in [0, 0.05) is 15.1 Å². The fourth-order valence-corrected chi connectivity index (χ4v) is 2.98. The molecule has 1 aliphatic heterocycles. The number of carbonyl (C=O) groups is 1. The summed E-state index contributed by atoms with van der Waals surface area (Å²) in [5.41, 5.74) is 0.833. The summed E-state index contributed by atoms with van der Waals surface area (Å²) in [4.78, 5) is 12.1. The van der Waals surface area contributed by atoms with E-state index in [4.69, 9.17) is 11.6 Å². The summed E-state index contributed by atoms with van der Waals surface area (Å²) in [6.45, 7) is 3.77. The van der Waals surface area contributed by atoms with Crippen LogP contribution in [0, 0.1) is 15.4 Å². The van der Waals surface area contributed by atoms with Gasteiger partial charge in [-0.05, 0) is 53.3 Å². The van der Waals surface area contributed by atoms with Gasteiger partial charge >= 0.3 is 0 Å². The Labute approximate surface area is 119 Å². The molecule has 2 N–H and O–H groups in total. The molecule has 1 aromatic rings. The lowest BCUT2D eigenvalue weighted by atomic mass is 9.97. The van der Waals surface area contributed by atoms with Crippen LogP contribution in [-0.2, 0) is 4.79 Å². The number of amides is 1. The highest BCUT2D eigenvalue weighted by Crippen LogP contribution is 2.24. The van der Waals surface area contributed by atoms with Crippen molar-refractivity contribution in [1.29, 1.82) is 0 Å². The molecule has 1 saturated heterocycles. The minimum atomic E-state index is 0.0569. The molecule has 3 nitrogen and oxygen atoms in total. The Kier molecular flexibility index (Phi) is 4.27. The van der Waals surface area contributed by atoms with Gasteiger partial charge in [0.2, 0.25) is 5.91 Å². The average molecular weight is 365 g/mol. The number of nitrogens with one attached hydrogen (secondary N) is 2. The first-order chi connectivity index (χ1) is 8.08. The smallest absolute Gasteiger partial charge is 0.229 e. The Morgan fingerprint density at radius 1 is 1.53 bits per heavy atom. The van der Waals surface area contributed by atoms with Gasteiger partial charge in [-0.2, -0.15) is 0 Å². The molecule has 0 aliphatic carbocycles. The number of rotatable bonds is 2. The van der Waals surface area contributed by atoms with Crippen molar-refractivity contribution in [3.63, 3.8) is 0 Å². The Morgan fingerprint density at radius 3 is 2.88 bits per heavy atom. The molecule has 1 heterocycles. The second kappa shape index (κ2) is 5.54. The number of halogens is 2. The molecule has 5 heteroatoms. The van der Waals surface area contributed by atoms with Gasteiger partial charge in [-0.15, -0.1) is 0 Å². The zero-order valence-electron chi connectivity index (χ0n) is 9.47. The predicted octanol–water partition coefficient (Wildman–Crippen LogP) is 2.74. The van der Waals surface area contributed by atoms with Crippen LogP contribution in [-0.4, -0.2) is 19.0 Å². The third-order valence-corrected chi connectivity index (χ3v) is 4.17. The van der Waals surface area contributed by atoms with Crippen LogP contribution in [0.4, 0.5) is 5.69 Å². The number of hydrogen-bond acceptors (Lipinski definition) is 2. The first-order valence-electron chi connectivity index (χ1n) is 5.54. The van der Waals surface area contributed by atoms with Crippen molar-refractivity contribution in [2.24, 2.45) is 11.8 Å². The molecule has 0 radical (unpaired) electrons. The molecule has 0 bridgehead atoms. The summed E-state index contributed by atoms with van der Waals surface area (Å²) < 4.78 is 0.960. The van der Waals surface area contributed by atoms with Crippen LogP contribution >= 0.6 is 34.2 Å². The van der Waals surface area contributed by atoms with E-state index in [2.05, 4.69) is 40.1 Å². The molecule has 2 rings (SSSR count). The number of carbonyl (C=O) groups excluding carboxylic acids is 1. The molecule has 1 aliphatic rings. The fraction of sp³-hybridized carbons (Fsp3) is 0.417. The topological polar surface area (TPSA) is 41.1 Å². The van der Waals surface area contributed by atoms with Crippen LogP contribution in [0.1, 0.15) is 6.92 Å². The third kappa shape index (κ3) is 3.11. The van der Waals surface area contributed by atoms with E-state index < -0.39 is 0 Å². The highest BCUT2D eigenvalue weighted by atomic mass is 127. The standard InChI is InChI=1S/C12H14ClIN2O/c1-7-5-15-6-9(7)12(17)16-11-3-2-8(13)4-10(11)14/h2-4,7,9,15H,5-6H2,1H3,(H,16,17)/t7-,9-/m1/s1. The molecule has 1 fully saturated rings. The fourth-order valence-electron chi connectivity index (χ4n) is 1.98. The van der Waals surface area contributed by atoms with Crippen LogP contribution in [0.25, 0.3) is 0 Å². The molecule has 1 amide bonds. The summed E-state index contributed by atoms with van der Waals surface area (Å²) in [7, 11) is 0. The summed E-state index contributed by atoms with van der Waals surface area (Å²) in [5, 5.41) is 6.88. The highest BCUT2D eigenvalue weighted by molar-refractivity contribution is 14.1. The Hall–Kier alpha value is -0.330. The summed E-state index contributed by atoms with van der Waals surface area (Å²) in [6.07, 6.45) is 0. The van der Waals surface area contributed by atoms with Gasteiger partial charge in [0.1, 0.15) is 0 Å². The number of benzene rings is 1. The Morgan fingerprint density at radius 2 is 2.29 bits per heavy atom. The molecule has 2 atom stereocenters. The number of hydrogen-bond donors (Lipinski definition) is 2. The largest absolute Gasteiger partial charge is 0.325 e. The van der Waals surface area contributed by atoms with Crippen LogP contribution in [0.15, 0.2) is 18.2 Å². The summed E-state index contributed by atoms with van der Waals surface area (Å²) in [6, 6.07) is 5.47. The molecule has 0 saturated carbocycles. The van der Waals surface area contributed by atoms with E-state index in [1.165, 1.54) is 0 Å². The molecule has 17 heavy (non-hydrogen) atoms. The Bertz CT molecular complexity index is 439. The second-order valence-corrected chi connectivity index (χ2v) is 5.95. The minimum absolute atomic E-state index is 0.0569. The Balaban J connectivity index is 2.07. The van der Waals surface area contributed by atoms with Crippen molar-refractivity contribution in [2.75, 3.05) is 18.4 Å². The maximum atomic E-state index is 12.1. The molecular formula is C12H14ClIN2O. The van der Waals surface area contributed by atoms with Crippen LogP contribution in [0.3, 0.4) is 0 Å². The molecule has 0 unspecified atom stereocenters. The van der Waals surface area contributed by atoms with Crippen molar-refractivity contribution < 1.29 is 4.79 Å². The van der Waals surface area contributed by atoms with Crippen LogP contribution < -0.4 is 10.6 Å². The molecule has 0 aromatic heterocycles. The van der Waals surface area contributed by atoms with E-state index in [1.54, 1.807) is 6.07 Å². The lowest BCUT2D eigenvalue weighted by Gasteiger charge is -2.15.